The lowest BCUT2D eigenvalue weighted by Gasteiger charge is -2.27. The van der Waals surface area contributed by atoms with Crippen LogP contribution in [0.2, 0.25) is 0 Å². The minimum atomic E-state index is -0.859. The number of thioether (sulfide) groups is 1. The number of rotatable bonds is 4. The molecule has 4 nitrogen and oxygen atoms in total. The van der Waals surface area contributed by atoms with Crippen LogP contribution in [0, 0.1) is 11.8 Å². The summed E-state index contributed by atoms with van der Waals surface area (Å²) in [7, 11) is 0. The fraction of sp³-hybridized carbons (Fsp3) is 0.467. The summed E-state index contributed by atoms with van der Waals surface area (Å²) in [4.78, 5) is 24.6. The molecule has 1 aliphatic rings. The van der Waals surface area contributed by atoms with Gasteiger partial charge in [0.2, 0.25) is 5.91 Å². The van der Waals surface area contributed by atoms with Crippen LogP contribution in [0.4, 0.5) is 5.69 Å². The molecule has 1 aromatic rings. The highest BCUT2D eigenvalue weighted by Gasteiger charge is 2.35. The molecule has 0 aromatic heterocycles. The van der Waals surface area contributed by atoms with Gasteiger partial charge in [0.15, 0.2) is 0 Å². The van der Waals surface area contributed by atoms with Gasteiger partial charge in [-0.1, -0.05) is 18.9 Å². The summed E-state index contributed by atoms with van der Waals surface area (Å²) in [5, 5.41) is 12.1. The van der Waals surface area contributed by atoms with Gasteiger partial charge in [0.1, 0.15) is 0 Å². The number of hydrogen-bond acceptors (Lipinski definition) is 3. The lowest BCUT2D eigenvalue weighted by Crippen LogP contribution is -2.36. The number of carbonyl (C=O) groups is 2. The van der Waals surface area contributed by atoms with E-state index >= 15 is 0 Å². The smallest absolute Gasteiger partial charge is 0.307 e. The van der Waals surface area contributed by atoms with Gasteiger partial charge in [0.25, 0.3) is 0 Å². The second kappa shape index (κ2) is 6.79. The highest BCUT2D eigenvalue weighted by molar-refractivity contribution is 7.98. The average Bonchev–Trinajstić information content (AvgIpc) is 2.47. The predicted molar refractivity (Wildman–Crippen MR) is 79.9 cm³/mol. The Morgan fingerprint density at radius 2 is 1.95 bits per heavy atom. The van der Waals surface area contributed by atoms with Gasteiger partial charge < -0.3 is 10.4 Å². The number of amides is 1. The molecular weight excluding hydrogens is 274 g/mol. The summed E-state index contributed by atoms with van der Waals surface area (Å²) >= 11 is 1.61. The molecule has 2 N–H and O–H groups in total. The number of aliphatic carboxylic acids is 1. The fourth-order valence-electron chi connectivity index (χ4n) is 2.68. The number of nitrogens with one attached hydrogen (secondary N) is 1. The maximum absolute atomic E-state index is 12.3. The van der Waals surface area contributed by atoms with E-state index in [9.17, 15) is 14.7 Å². The lowest BCUT2D eigenvalue weighted by molar-refractivity contribution is -0.147. The molecule has 2 atom stereocenters. The molecule has 1 aliphatic carbocycles. The molecule has 0 bridgehead atoms. The molecule has 1 fully saturated rings. The first-order chi connectivity index (χ1) is 9.61. The minimum Gasteiger partial charge on any atom is -0.481 e. The third kappa shape index (κ3) is 3.54. The van der Waals surface area contributed by atoms with E-state index < -0.39 is 17.8 Å². The summed E-state index contributed by atoms with van der Waals surface area (Å²) in [5.74, 6) is -2.00. The van der Waals surface area contributed by atoms with E-state index in [0.29, 0.717) is 12.8 Å². The van der Waals surface area contributed by atoms with Gasteiger partial charge in [-0.15, -0.1) is 11.8 Å². The van der Waals surface area contributed by atoms with Crippen LogP contribution in [0.3, 0.4) is 0 Å². The molecule has 20 heavy (non-hydrogen) atoms. The van der Waals surface area contributed by atoms with Gasteiger partial charge in [-0.25, -0.2) is 0 Å². The molecule has 108 valence electrons. The van der Waals surface area contributed by atoms with Crippen LogP contribution < -0.4 is 5.32 Å². The molecule has 2 rings (SSSR count). The molecule has 1 aromatic carbocycles. The molecule has 0 spiro atoms. The lowest BCUT2D eigenvalue weighted by atomic mass is 9.78. The topological polar surface area (TPSA) is 66.4 Å². The average molecular weight is 293 g/mol. The molecule has 0 heterocycles. The normalized spacial score (nSPS) is 22.2. The van der Waals surface area contributed by atoms with E-state index in [2.05, 4.69) is 5.32 Å². The zero-order chi connectivity index (χ0) is 14.5. The van der Waals surface area contributed by atoms with Crippen molar-refractivity contribution in [2.75, 3.05) is 11.6 Å². The first kappa shape index (κ1) is 14.9. The number of carboxylic acid groups (broad SMARTS) is 1. The van der Waals surface area contributed by atoms with E-state index in [1.165, 1.54) is 0 Å². The van der Waals surface area contributed by atoms with Crippen molar-refractivity contribution in [1.29, 1.82) is 0 Å². The van der Waals surface area contributed by atoms with E-state index in [1.807, 2.05) is 30.5 Å². The fourth-order valence-corrected chi connectivity index (χ4v) is 3.14. The maximum Gasteiger partial charge on any atom is 0.307 e. The summed E-state index contributed by atoms with van der Waals surface area (Å²) in [5.41, 5.74) is 0.733. The van der Waals surface area contributed by atoms with E-state index in [4.69, 9.17) is 0 Å². The number of carboxylic acids is 1. The highest BCUT2D eigenvalue weighted by Crippen LogP contribution is 2.31. The first-order valence-electron chi connectivity index (χ1n) is 6.79. The molecule has 1 saturated carbocycles. The summed E-state index contributed by atoms with van der Waals surface area (Å²) in [6, 6.07) is 7.59. The van der Waals surface area contributed by atoms with Crippen molar-refractivity contribution >= 4 is 29.3 Å². The Kier molecular flexibility index (Phi) is 5.06. The van der Waals surface area contributed by atoms with Gasteiger partial charge in [-0.2, -0.15) is 0 Å². The summed E-state index contributed by atoms with van der Waals surface area (Å²) in [6.45, 7) is 0. The monoisotopic (exact) mass is 293 g/mol. The molecule has 0 saturated heterocycles. The number of hydrogen-bond donors (Lipinski definition) is 2. The zero-order valence-electron chi connectivity index (χ0n) is 11.5. The van der Waals surface area contributed by atoms with E-state index in [1.54, 1.807) is 11.8 Å². The third-order valence-electron chi connectivity index (χ3n) is 3.76. The maximum atomic E-state index is 12.3. The van der Waals surface area contributed by atoms with Crippen LogP contribution in [0.1, 0.15) is 25.7 Å². The molecule has 0 aliphatic heterocycles. The Labute approximate surface area is 123 Å². The van der Waals surface area contributed by atoms with Crippen molar-refractivity contribution in [3.05, 3.63) is 24.3 Å². The Hall–Kier alpha value is -1.49. The SMILES string of the molecule is CSc1cccc(NC(=O)[C@H]2CCCC[C@@H]2C(=O)O)c1. The third-order valence-corrected chi connectivity index (χ3v) is 4.48. The van der Waals surface area contributed by atoms with Crippen LogP contribution in [0.5, 0.6) is 0 Å². The second-order valence-electron chi connectivity index (χ2n) is 5.06. The van der Waals surface area contributed by atoms with Crippen molar-refractivity contribution in [3.8, 4) is 0 Å². The van der Waals surface area contributed by atoms with Crippen LogP contribution in [-0.2, 0) is 9.59 Å². The molecule has 1 amide bonds. The molecule has 0 radical (unpaired) electrons. The predicted octanol–water partition coefficient (Wildman–Crippen LogP) is 3.24. The molecular formula is C15H19NO3S. The standard InChI is InChI=1S/C15H19NO3S/c1-20-11-6-4-5-10(9-11)16-14(17)12-7-2-3-8-13(12)15(18)19/h4-6,9,12-13H,2-3,7-8H2,1H3,(H,16,17)(H,18,19)/t12-,13-/m0/s1. The number of benzene rings is 1. The van der Waals surface area contributed by atoms with Crippen LogP contribution >= 0.6 is 11.8 Å². The second-order valence-corrected chi connectivity index (χ2v) is 5.94. The van der Waals surface area contributed by atoms with Gasteiger partial charge in [0, 0.05) is 10.6 Å². The van der Waals surface area contributed by atoms with Crippen molar-refractivity contribution < 1.29 is 14.7 Å². The quantitative estimate of drug-likeness (QED) is 0.836. The Bertz CT molecular complexity index is 504. The Balaban J connectivity index is 2.07. The molecule has 5 heteroatoms. The van der Waals surface area contributed by atoms with Gasteiger partial charge >= 0.3 is 5.97 Å². The van der Waals surface area contributed by atoms with E-state index in [0.717, 1.165) is 23.4 Å². The van der Waals surface area contributed by atoms with Crippen LogP contribution in [0.15, 0.2) is 29.2 Å². The zero-order valence-corrected chi connectivity index (χ0v) is 12.3. The Morgan fingerprint density at radius 3 is 2.60 bits per heavy atom. The van der Waals surface area contributed by atoms with Gasteiger partial charge in [0.05, 0.1) is 11.8 Å². The summed E-state index contributed by atoms with van der Waals surface area (Å²) in [6.07, 6.45) is 5.04. The summed E-state index contributed by atoms with van der Waals surface area (Å²) < 4.78 is 0. The van der Waals surface area contributed by atoms with Gasteiger partial charge in [-0.05, 0) is 37.3 Å². The Morgan fingerprint density at radius 1 is 1.25 bits per heavy atom. The van der Waals surface area contributed by atoms with E-state index in [-0.39, 0.29) is 5.91 Å². The van der Waals surface area contributed by atoms with Crippen molar-refractivity contribution in [3.63, 3.8) is 0 Å². The van der Waals surface area contributed by atoms with Crippen molar-refractivity contribution in [2.45, 2.75) is 30.6 Å². The molecule has 0 unspecified atom stereocenters. The van der Waals surface area contributed by atoms with Crippen molar-refractivity contribution in [2.24, 2.45) is 11.8 Å². The van der Waals surface area contributed by atoms with Crippen molar-refractivity contribution in [1.82, 2.24) is 0 Å². The largest absolute Gasteiger partial charge is 0.481 e. The van der Waals surface area contributed by atoms with Gasteiger partial charge in [-0.3, -0.25) is 9.59 Å². The highest BCUT2D eigenvalue weighted by atomic mass is 32.2. The van der Waals surface area contributed by atoms with Crippen LogP contribution in [-0.4, -0.2) is 23.2 Å². The number of carbonyl (C=O) groups excluding carboxylic acids is 1. The number of anilines is 1. The first-order valence-corrected chi connectivity index (χ1v) is 8.02. The van der Waals surface area contributed by atoms with Crippen LogP contribution in [0.25, 0.3) is 0 Å². The minimum absolute atomic E-state index is 0.171.